The summed E-state index contributed by atoms with van der Waals surface area (Å²) in [6.07, 6.45) is 3.44. The average molecular weight is 204 g/mol. The number of carbonyl (C=O) groups excluding carboxylic acids is 1. The maximum Gasteiger partial charge on any atom is 1.00 e. The van der Waals surface area contributed by atoms with Gasteiger partial charge in [0.25, 0.3) is 0 Å². The van der Waals surface area contributed by atoms with Gasteiger partial charge in [0.1, 0.15) is 0 Å². The zero-order valence-corrected chi connectivity index (χ0v) is 10.4. The molecular weight excluding hydrogens is 191 g/mol. The largest absolute Gasteiger partial charge is 1.00 e. The van der Waals surface area contributed by atoms with Crippen LogP contribution in [0.5, 0.6) is 0 Å². The fourth-order valence-electron chi connectivity index (χ4n) is 3.32. The van der Waals surface area contributed by atoms with E-state index in [4.69, 9.17) is 0 Å². The molecule has 4 nitrogen and oxygen atoms in total. The second kappa shape index (κ2) is 3.76. The van der Waals surface area contributed by atoms with Gasteiger partial charge >= 0.3 is 29.6 Å². The van der Waals surface area contributed by atoms with Crippen LogP contribution in [0.15, 0.2) is 0 Å². The monoisotopic (exact) mass is 204 g/mol. The summed E-state index contributed by atoms with van der Waals surface area (Å²) < 4.78 is 0. The third kappa shape index (κ3) is 1.28. The van der Waals surface area contributed by atoms with E-state index in [1.54, 1.807) is 0 Å². The first-order valence-electron chi connectivity index (χ1n) is 4.99. The third-order valence-corrected chi connectivity index (χ3v) is 3.83. The van der Waals surface area contributed by atoms with Crippen LogP contribution >= 0.6 is 0 Å². The zero-order chi connectivity index (χ0) is 9.00. The average Bonchev–Trinajstić information content (AvgIpc) is 2.43. The predicted molar refractivity (Wildman–Crippen MR) is 43.6 cm³/mol. The number of nitrogens with zero attached hydrogens (tertiary/aromatic N) is 1. The minimum atomic E-state index is -0.884. The Morgan fingerprint density at radius 3 is 2.93 bits per heavy atom. The van der Waals surface area contributed by atoms with Gasteiger partial charge in [0.2, 0.25) is 0 Å². The van der Waals surface area contributed by atoms with Crippen LogP contribution in [-0.4, -0.2) is 35.7 Å². The van der Waals surface area contributed by atoms with Crippen molar-refractivity contribution in [3.05, 3.63) is 0 Å². The molecule has 0 aromatic carbocycles. The Morgan fingerprint density at radius 1 is 1.43 bits per heavy atom. The van der Waals surface area contributed by atoms with Gasteiger partial charge in [-0.2, -0.15) is 0 Å². The normalized spacial score (nSPS) is 44.9. The van der Waals surface area contributed by atoms with Crippen molar-refractivity contribution in [3.8, 4) is 0 Å². The molecule has 0 aromatic heterocycles. The molecule has 0 radical (unpaired) electrons. The van der Waals surface area contributed by atoms with Crippen molar-refractivity contribution in [2.75, 3.05) is 6.67 Å². The number of hydrogen-bond acceptors (Lipinski definition) is 4. The second-order valence-electron chi connectivity index (χ2n) is 4.33. The van der Waals surface area contributed by atoms with Gasteiger partial charge in [-0.3, -0.25) is 10.2 Å². The molecule has 2 saturated heterocycles. The van der Waals surface area contributed by atoms with Crippen LogP contribution in [0.25, 0.3) is 0 Å². The van der Waals surface area contributed by atoms with Crippen LogP contribution in [0, 0.1) is 5.92 Å². The van der Waals surface area contributed by atoms with Gasteiger partial charge in [-0.25, -0.2) is 0 Å². The Kier molecular flexibility index (Phi) is 2.92. The van der Waals surface area contributed by atoms with Gasteiger partial charge in [-0.1, -0.05) is 6.42 Å². The van der Waals surface area contributed by atoms with Gasteiger partial charge in [0.15, 0.2) is 0 Å². The van der Waals surface area contributed by atoms with E-state index in [1.165, 1.54) is 6.42 Å². The van der Waals surface area contributed by atoms with Crippen molar-refractivity contribution in [1.82, 2.24) is 10.2 Å². The topological polar surface area (TPSA) is 55.4 Å². The Labute approximate surface area is 105 Å². The molecule has 3 aliphatic rings. The first-order chi connectivity index (χ1) is 6.29. The standard InChI is InChI=1S/C9H14N2O2.Na/c12-9(13)8-5-2-1-3-6-7(5)11(8)4-10-6;/h5-8,10H,1-4H2,(H,12,13);/q;+1/p-1. The number of carboxylic acid groups (broad SMARTS) is 1. The number of nitrogens with one attached hydrogen (secondary N) is 1. The number of hydrogen-bond donors (Lipinski definition) is 1. The van der Waals surface area contributed by atoms with Crippen LogP contribution in [-0.2, 0) is 4.79 Å². The minimum absolute atomic E-state index is 0. The quantitative estimate of drug-likeness (QED) is 0.438. The molecule has 1 saturated carbocycles. The van der Waals surface area contributed by atoms with E-state index in [1.807, 2.05) is 4.90 Å². The number of carbonyl (C=O) groups is 1. The third-order valence-electron chi connectivity index (χ3n) is 3.83. The van der Waals surface area contributed by atoms with E-state index < -0.39 is 5.97 Å². The van der Waals surface area contributed by atoms with Crippen molar-refractivity contribution in [2.45, 2.75) is 37.4 Å². The van der Waals surface area contributed by atoms with Gasteiger partial charge in [-0.15, -0.1) is 0 Å². The van der Waals surface area contributed by atoms with E-state index in [-0.39, 0.29) is 35.6 Å². The van der Waals surface area contributed by atoms with Crippen molar-refractivity contribution >= 4 is 5.97 Å². The number of rotatable bonds is 1. The summed E-state index contributed by atoms with van der Waals surface area (Å²) in [5.41, 5.74) is 0. The predicted octanol–water partition coefficient (Wildman–Crippen LogP) is -4.48. The van der Waals surface area contributed by atoms with E-state index in [0.717, 1.165) is 19.5 Å². The van der Waals surface area contributed by atoms with E-state index in [0.29, 0.717) is 18.0 Å². The van der Waals surface area contributed by atoms with Gasteiger partial charge in [0.05, 0.1) is 12.0 Å². The summed E-state index contributed by atoms with van der Waals surface area (Å²) in [6, 6.07) is 0.744. The minimum Gasteiger partial charge on any atom is -0.548 e. The molecule has 2 heterocycles. The second-order valence-corrected chi connectivity index (χ2v) is 4.33. The molecule has 4 unspecified atom stereocenters. The molecule has 1 aliphatic carbocycles. The maximum atomic E-state index is 10.8. The Morgan fingerprint density at radius 2 is 2.21 bits per heavy atom. The number of aliphatic carboxylic acids is 1. The Balaban J connectivity index is 0.000000750. The first-order valence-corrected chi connectivity index (χ1v) is 4.99. The van der Waals surface area contributed by atoms with E-state index >= 15 is 0 Å². The zero-order valence-electron chi connectivity index (χ0n) is 8.40. The first kappa shape index (κ1) is 10.9. The van der Waals surface area contributed by atoms with E-state index in [9.17, 15) is 9.90 Å². The smallest absolute Gasteiger partial charge is 0.548 e. The van der Waals surface area contributed by atoms with Crippen LogP contribution in [0.2, 0.25) is 0 Å². The Hall–Kier alpha value is 0.390. The molecule has 2 aliphatic heterocycles. The van der Waals surface area contributed by atoms with Gasteiger partial charge < -0.3 is 9.90 Å². The SMILES string of the molecule is O=C([O-])C1C2CCCC3NCN1C32.[Na+]. The molecule has 3 fully saturated rings. The summed E-state index contributed by atoms with van der Waals surface area (Å²) >= 11 is 0. The molecular formula is C9H13N2NaO2. The number of carboxylic acids is 1. The molecule has 14 heavy (non-hydrogen) atoms. The molecule has 4 atom stereocenters. The summed E-state index contributed by atoms with van der Waals surface area (Å²) in [5, 5.41) is 14.2. The van der Waals surface area contributed by atoms with Crippen molar-refractivity contribution in [2.24, 2.45) is 5.92 Å². The molecule has 1 N–H and O–H groups in total. The van der Waals surface area contributed by atoms with Crippen LogP contribution in [0.4, 0.5) is 0 Å². The fourth-order valence-corrected chi connectivity index (χ4v) is 3.32. The van der Waals surface area contributed by atoms with Crippen LogP contribution < -0.4 is 40.0 Å². The fraction of sp³-hybridized carbons (Fsp3) is 0.889. The van der Waals surface area contributed by atoms with Gasteiger partial charge in [-0.05, 0) is 18.8 Å². The molecule has 0 aromatic rings. The van der Waals surface area contributed by atoms with Crippen molar-refractivity contribution < 1.29 is 39.5 Å². The van der Waals surface area contributed by atoms with Crippen molar-refractivity contribution in [3.63, 3.8) is 0 Å². The molecule has 3 rings (SSSR count). The maximum absolute atomic E-state index is 10.8. The summed E-state index contributed by atoms with van der Waals surface area (Å²) in [5.74, 6) is -0.524. The molecule has 0 spiro atoms. The summed E-state index contributed by atoms with van der Waals surface area (Å²) in [4.78, 5) is 12.9. The van der Waals surface area contributed by atoms with Crippen LogP contribution in [0.1, 0.15) is 19.3 Å². The van der Waals surface area contributed by atoms with Crippen molar-refractivity contribution in [1.29, 1.82) is 0 Å². The Bertz CT molecular complexity index is 261. The molecule has 0 amide bonds. The van der Waals surface area contributed by atoms with E-state index in [2.05, 4.69) is 5.32 Å². The van der Waals surface area contributed by atoms with Crippen LogP contribution in [0.3, 0.4) is 0 Å². The summed E-state index contributed by atoms with van der Waals surface area (Å²) in [6.45, 7) is 0.741. The molecule has 72 valence electrons. The molecule has 5 heteroatoms. The molecule has 0 bridgehead atoms. The van der Waals surface area contributed by atoms with Gasteiger partial charge in [0, 0.05) is 18.8 Å². The summed E-state index contributed by atoms with van der Waals surface area (Å²) in [7, 11) is 0.